The van der Waals surface area contributed by atoms with E-state index in [1.165, 1.54) is 18.5 Å². The quantitative estimate of drug-likeness (QED) is 0.572. The first kappa shape index (κ1) is 19.8. The van der Waals surface area contributed by atoms with Gasteiger partial charge in [0.1, 0.15) is 6.33 Å². The standard InChI is InChI=1S/C18H20F3N5O2/c1-2-14-5-3-4-10-25(14)17-15(26(27)28)16(22-11-23-17)24-13-8-6-12(7-9-13)18(19,20)21/h6-9,11,14H,2-5,10H2,1H3,(H,22,23,24). The van der Waals surface area contributed by atoms with Gasteiger partial charge in [0.15, 0.2) is 0 Å². The highest BCUT2D eigenvalue weighted by Crippen LogP contribution is 2.37. The zero-order valence-electron chi connectivity index (χ0n) is 15.2. The van der Waals surface area contributed by atoms with Crippen LogP contribution in [0.3, 0.4) is 0 Å². The molecule has 1 fully saturated rings. The van der Waals surface area contributed by atoms with Crippen LogP contribution in [0.15, 0.2) is 30.6 Å². The van der Waals surface area contributed by atoms with Crippen molar-refractivity contribution in [1.29, 1.82) is 0 Å². The number of nitrogens with one attached hydrogen (secondary N) is 1. The Morgan fingerprint density at radius 1 is 1.25 bits per heavy atom. The first-order chi connectivity index (χ1) is 13.3. The molecule has 1 aliphatic rings. The number of benzene rings is 1. The van der Waals surface area contributed by atoms with Crippen LogP contribution in [0.4, 0.5) is 36.2 Å². The summed E-state index contributed by atoms with van der Waals surface area (Å²) >= 11 is 0. The Morgan fingerprint density at radius 2 is 1.96 bits per heavy atom. The molecule has 1 N–H and O–H groups in total. The zero-order chi connectivity index (χ0) is 20.3. The van der Waals surface area contributed by atoms with Crippen molar-refractivity contribution in [3.63, 3.8) is 0 Å². The summed E-state index contributed by atoms with van der Waals surface area (Å²) < 4.78 is 38.1. The minimum atomic E-state index is -4.45. The lowest BCUT2D eigenvalue weighted by Gasteiger charge is -2.35. The van der Waals surface area contributed by atoms with Crippen molar-refractivity contribution in [3.05, 3.63) is 46.3 Å². The van der Waals surface area contributed by atoms with E-state index in [4.69, 9.17) is 0 Å². The number of piperidine rings is 1. The van der Waals surface area contributed by atoms with Crippen LogP contribution in [0, 0.1) is 10.1 Å². The predicted octanol–water partition coefficient (Wildman–Crippen LogP) is 4.92. The highest BCUT2D eigenvalue weighted by molar-refractivity contribution is 5.74. The number of hydrogen-bond donors (Lipinski definition) is 1. The summed E-state index contributed by atoms with van der Waals surface area (Å²) in [5.74, 6) is 0.191. The van der Waals surface area contributed by atoms with Gasteiger partial charge in [-0.05, 0) is 49.9 Å². The molecular weight excluding hydrogens is 375 g/mol. The number of halogens is 3. The molecule has 0 aliphatic carbocycles. The second-order valence-electron chi connectivity index (χ2n) is 6.60. The highest BCUT2D eigenvalue weighted by Gasteiger charge is 2.32. The molecule has 1 aromatic heterocycles. The number of anilines is 3. The third-order valence-corrected chi connectivity index (χ3v) is 4.83. The minimum absolute atomic E-state index is 0.0461. The molecule has 1 saturated heterocycles. The molecule has 1 atom stereocenters. The topological polar surface area (TPSA) is 84.2 Å². The van der Waals surface area contributed by atoms with Crippen LogP contribution in [0.2, 0.25) is 0 Å². The van der Waals surface area contributed by atoms with Crippen molar-refractivity contribution < 1.29 is 18.1 Å². The Balaban J connectivity index is 1.94. The van der Waals surface area contributed by atoms with E-state index in [9.17, 15) is 23.3 Å². The predicted molar refractivity (Wildman–Crippen MR) is 98.7 cm³/mol. The summed E-state index contributed by atoms with van der Waals surface area (Å²) in [6, 6.07) is 4.40. The number of hydrogen-bond acceptors (Lipinski definition) is 6. The van der Waals surface area contributed by atoms with Crippen LogP contribution in [0.1, 0.15) is 38.2 Å². The molecule has 1 aliphatic heterocycles. The molecule has 0 spiro atoms. The zero-order valence-corrected chi connectivity index (χ0v) is 15.2. The molecule has 150 valence electrons. The first-order valence-corrected chi connectivity index (χ1v) is 9.01. The lowest BCUT2D eigenvalue weighted by molar-refractivity contribution is -0.383. The van der Waals surface area contributed by atoms with Crippen molar-refractivity contribution in [3.8, 4) is 0 Å². The maximum atomic E-state index is 12.7. The molecule has 2 heterocycles. The number of rotatable bonds is 5. The molecule has 0 saturated carbocycles. The Hall–Kier alpha value is -2.91. The van der Waals surface area contributed by atoms with E-state index < -0.39 is 16.7 Å². The van der Waals surface area contributed by atoms with E-state index in [0.29, 0.717) is 6.54 Å². The van der Waals surface area contributed by atoms with E-state index in [-0.39, 0.29) is 29.1 Å². The van der Waals surface area contributed by atoms with Gasteiger partial charge in [0.05, 0.1) is 10.5 Å². The van der Waals surface area contributed by atoms with Crippen molar-refractivity contribution in [2.45, 2.75) is 44.8 Å². The molecule has 1 unspecified atom stereocenters. The first-order valence-electron chi connectivity index (χ1n) is 9.01. The van der Waals surface area contributed by atoms with Gasteiger partial charge in [-0.3, -0.25) is 10.1 Å². The van der Waals surface area contributed by atoms with Crippen molar-refractivity contribution in [2.24, 2.45) is 0 Å². The van der Waals surface area contributed by atoms with Gasteiger partial charge in [0, 0.05) is 18.3 Å². The van der Waals surface area contributed by atoms with Gasteiger partial charge in [-0.15, -0.1) is 0 Å². The Kier molecular flexibility index (Phi) is 5.66. The molecule has 2 aromatic rings. The lowest BCUT2D eigenvalue weighted by atomic mass is 10.00. The van der Waals surface area contributed by atoms with Gasteiger partial charge in [-0.25, -0.2) is 9.97 Å². The molecular formula is C18H20F3N5O2. The molecule has 0 amide bonds. The Morgan fingerprint density at radius 3 is 2.57 bits per heavy atom. The van der Waals surface area contributed by atoms with Gasteiger partial charge < -0.3 is 10.2 Å². The molecule has 10 heteroatoms. The fourth-order valence-corrected chi connectivity index (χ4v) is 3.42. The summed E-state index contributed by atoms with van der Waals surface area (Å²) in [6.45, 7) is 2.69. The average molecular weight is 395 g/mol. The fraction of sp³-hybridized carbons (Fsp3) is 0.444. The fourth-order valence-electron chi connectivity index (χ4n) is 3.42. The highest BCUT2D eigenvalue weighted by atomic mass is 19.4. The van der Waals surface area contributed by atoms with Crippen LogP contribution in [-0.2, 0) is 6.18 Å². The van der Waals surface area contributed by atoms with E-state index >= 15 is 0 Å². The van der Waals surface area contributed by atoms with Crippen molar-refractivity contribution in [2.75, 3.05) is 16.8 Å². The summed E-state index contributed by atoms with van der Waals surface area (Å²) in [6.07, 6.45) is 0.526. The van der Waals surface area contributed by atoms with Crippen LogP contribution in [-0.4, -0.2) is 27.5 Å². The maximum absolute atomic E-state index is 12.7. The van der Waals surface area contributed by atoms with E-state index in [1.54, 1.807) is 0 Å². The van der Waals surface area contributed by atoms with E-state index in [2.05, 4.69) is 15.3 Å². The third kappa shape index (κ3) is 4.15. The van der Waals surface area contributed by atoms with Crippen LogP contribution >= 0.6 is 0 Å². The smallest absolute Gasteiger partial charge is 0.348 e. The summed E-state index contributed by atoms with van der Waals surface area (Å²) in [5, 5.41) is 14.5. The maximum Gasteiger partial charge on any atom is 0.416 e. The molecule has 7 nitrogen and oxygen atoms in total. The third-order valence-electron chi connectivity index (χ3n) is 4.83. The molecule has 3 rings (SSSR count). The minimum Gasteiger partial charge on any atom is -0.348 e. The molecule has 28 heavy (non-hydrogen) atoms. The van der Waals surface area contributed by atoms with E-state index in [0.717, 1.165) is 37.8 Å². The van der Waals surface area contributed by atoms with Gasteiger partial charge in [-0.2, -0.15) is 13.2 Å². The van der Waals surface area contributed by atoms with Crippen LogP contribution < -0.4 is 10.2 Å². The monoisotopic (exact) mass is 395 g/mol. The van der Waals surface area contributed by atoms with Gasteiger partial charge in [-0.1, -0.05) is 6.92 Å². The lowest BCUT2D eigenvalue weighted by Crippen LogP contribution is -2.40. The Labute approximate surface area is 159 Å². The van der Waals surface area contributed by atoms with Crippen LogP contribution in [0.25, 0.3) is 0 Å². The van der Waals surface area contributed by atoms with Crippen molar-refractivity contribution >= 4 is 23.0 Å². The largest absolute Gasteiger partial charge is 0.416 e. The number of aromatic nitrogens is 2. The second-order valence-corrected chi connectivity index (χ2v) is 6.60. The molecule has 1 aromatic carbocycles. The Bertz CT molecular complexity index is 842. The van der Waals surface area contributed by atoms with Crippen molar-refractivity contribution in [1.82, 2.24) is 9.97 Å². The average Bonchev–Trinajstić information content (AvgIpc) is 2.67. The van der Waals surface area contributed by atoms with Gasteiger partial charge in [0.2, 0.25) is 11.6 Å². The summed E-state index contributed by atoms with van der Waals surface area (Å²) in [4.78, 5) is 21.3. The summed E-state index contributed by atoms with van der Waals surface area (Å²) in [7, 11) is 0. The number of nitro groups is 1. The normalized spacial score (nSPS) is 17.4. The SMILES string of the molecule is CCC1CCCCN1c1ncnc(Nc2ccc(C(F)(F)F)cc2)c1[N+](=O)[O-]. The van der Waals surface area contributed by atoms with Crippen LogP contribution in [0.5, 0.6) is 0 Å². The number of nitrogens with zero attached hydrogens (tertiary/aromatic N) is 4. The van der Waals surface area contributed by atoms with E-state index in [1.807, 2.05) is 11.8 Å². The summed E-state index contributed by atoms with van der Waals surface area (Å²) in [5.41, 5.74) is -0.802. The number of alkyl halides is 3. The van der Waals surface area contributed by atoms with Gasteiger partial charge >= 0.3 is 11.9 Å². The molecule has 0 bridgehead atoms. The van der Waals surface area contributed by atoms with Gasteiger partial charge in [0.25, 0.3) is 0 Å². The molecule has 0 radical (unpaired) electrons. The second kappa shape index (κ2) is 7.99.